The van der Waals surface area contributed by atoms with E-state index in [1.165, 1.54) is 36.0 Å². The summed E-state index contributed by atoms with van der Waals surface area (Å²) in [7, 11) is -2.33. The number of pyridine rings is 2. The van der Waals surface area contributed by atoms with Crippen molar-refractivity contribution >= 4 is 55.3 Å². The van der Waals surface area contributed by atoms with E-state index >= 15 is 8.78 Å². The van der Waals surface area contributed by atoms with Crippen molar-refractivity contribution in [2.75, 3.05) is 11.0 Å². The summed E-state index contributed by atoms with van der Waals surface area (Å²) in [6, 6.07) is 8.52. The highest BCUT2D eigenvalue weighted by Crippen LogP contribution is 2.63. The lowest BCUT2D eigenvalue weighted by molar-refractivity contribution is -0.123. The Morgan fingerprint density at radius 1 is 1.04 bits per heavy atom. The second-order valence-electron chi connectivity index (χ2n) is 14.0. The number of carbonyl (C=O) groups excluding carboxylic acids is 1. The zero-order chi connectivity index (χ0) is 40.0. The maximum absolute atomic E-state index is 15.6. The standard InChI is InChI=1S/C36H29ClF6N8O4S/c1-50-32-18(4-6-22(37)29(32)35(48-50)49-56(2,54)55)20-13-24-23(7-8-26(52)44-24)46-30(20)25(11-15-9-16(38)12-17(39)10-15)45-27(53)14-51-33-28(31(47-51)34(40)41)19-3-5-21(19)36(33,42)43/h4,6-10,12-13,19,21,25,34H,3,5,11,14H2,1-2H3,(H,44,52)(H,45,53)(H,48,49)/t19-,21+,25?/m0/s1. The molecule has 2 aromatic carbocycles. The molecule has 0 spiro atoms. The van der Waals surface area contributed by atoms with Crippen molar-refractivity contribution < 1.29 is 39.6 Å². The zero-order valence-electron chi connectivity index (χ0n) is 29.2. The fourth-order valence-corrected chi connectivity index (χ4v) is 8.66. The fraction of sp³-hybridized carbons (Fsp3) is 0.306. The molecule has 292 valence electrons. The maximum atomic E-state index is 15.6. The molecule has 56 heavy (non-hydrogen) atoms. The number of anilines is 1. The van der Waals surface area contributed by atoms with E-state index in [0.29, 0.717) is 16.3 Å². The minimum atomic E-state index is -3.84. The summed E-state index contributed by atoms with van der Waals surface area (Å²) in [4.78, 5) is 33.8. The molecular weight excluding hydrogens is 790 g/mol. The van der Waals surface area contributed by atoms with Crippen LogP contribution in [0.5, 0.6) is 0 Å². The van der Waals surface area contributed by atoms with Gasteiger partial charge in [0.2, 0.25) is 21.5 Å². The van der Waals surface area contributed by atoms with Gasteiger partial charge in [-0.3, -0.25) is 23.7 Å². The number of fused-ring (bicyclic) bond motifs is 5. The smallest absolute Gasteiger partial charge is 0.293 e. The van der Waals surface area contributed by atoms with E-state index in [0.717, 1.165) is 18.4 Å². The molecule has 1 fully saturated rings. The summed E-state index contributed by atoms with van der Waals surface area (Å²) in [6.45, 7) is -0.915. The quantitative estimate of drug-likeness (QED) is 0.131. The van der Waals surface area contributed by atoms with Crippen molar-refractivity contribution in [1.29, 1.82) is 0 Å². The summed E-state index contributed by atoms with van der Waals surface area (Å²) in [5.74, 6) is -8.47. The summed E-state index contributed by atoms with van der Waals surface area (Å²) in [5, 5.41) is 11.1. The molecule has 0 radical (unpaired) electrons. The monoisotopic (exact) mass is 818 g/mol. The minimum Gasteiger partial charge on any atom is -0.346 e. The molecule has 20 heteroatoms. The summed E-state index contributed by atoms with van der Waals surface area (Å²) in [5.41, 5.74) is -0.973. The largest absolute Gasteiger partial charge is 0.346 e. The number of alkyl halides is 4. The highest BCUT2D eigenvalue weighted by atomic mass is 35.5. The highest BCUT2D eigenvalue weighted by molar-refractivity contribution is 7.92. The van der Waals surface area contributed by atoms with Crippen LogP contribution in [0.2, 0.25) is 5.02 Å². The van der Waals surface area contributed by atoms with Gasteiger partial charge < -0.3 is 10.3 Å². The Labute approximate surface area is 317 Å². The van der Waals surface area contributed by atoms with Crippen LogP contribution in [0.4, 0.5) is 32.2 Å². The molecule has 3 N–H and O–H groups in total. The Morgan fingerprint density at radius 2 is 1.77 bits per heavy atom. The number of carbonyl (C=O) groups is 1. The predicted octanol–water partition coefficient (Wildman–Crippen LogP) is 6.61. The number of amides is 1. The number of hydrogen-bond acceptors (Lipinski definition) is 7. The number of H-pyrrole nitrogens is 1. The van der Waals surface area contributed by atoms with Crippen LogP contribution in [0.3, 0.4) is 0 Å². The third-order valence-electron chi connectivity index (χ3n) is 10.2. The number of nitrogens with zero attached hydrogens (tertiary/aromatic N) is 5. The molecule has 2 aliphatic carbocycles. The molecule has 8 rings (SSSR count). The molecule has 3 atom stereocenters. The molecule has 6 aromatic rings. The Hall–Kier alpha value is -5.43. The number of aromatic nitrogens is 6. The molecule has 0 bridgehead atoms. The van der Waals surface area contributed by atoms with Crippen molar-refractivity contribution in [3.8, 4) is 11.1 Å². The van der Waals surface area contributed by atoms with E-state index in [4.69, 9.17) is 16.6 Å². The normalized spacial score (nSPS) is 17.9. The van der Waals surface area contributed by atoms with E-state index in [1.807, 2.05) is 0 Å². The van der Waals surface area contributed by atoms with Gasteiger partial charge >= 0.3 is 0 Å². The molecule has 4 aromatic heterocycles. The summed E-state index contributed by atoms with van der Waals surface area (Å²) >= 11 is 6.58. The van der Waals surface area contributed by atoms with Gasteiger partial charge in [0.1, 0.15) is 29.6 Å². The van der Waals surface area contributed by atoms with E-state index in [2.05, 4.69) is 25.2 Å². The molecular formula is C36H29ClF6N8O4S. The van der Waals surface area contributed by atoms with Crippen molar-refractivity contribution in [1.82, 2.24) is 34.8 Å². The van der Waals surface area contributed by atoms with Gasteiger partial charge in [0.15, 0.2) is 5.82 Å². The van der Waals surface area contributed by atoms with Crippen LogP contribution in [0, 0.1) is 17.6 Å². The molecule has 4 heterocycles. The number of aromatic amines is 1. The number of aryl methyl sites for hydroxylation is 1. The molecule has 1 amide bonds. The lowest BCUT2D eigenvalue weighted by atomic mass is 9.73. The topological polar surface area (TPSA) is 157 Å². The number of benzene rings is 2. The Kier molecular flexibility index (Phi) is 8.94. The average Bonchev–Trinajstić information content (AvgIpc) is 3.64. The van der Waals surface area contributed by atoms with Crippen molar-refractivity contribution in [3.05, 3.63) is 104 Å². The lowest BCUT2D eigenvalue weighted by Gasteiger charge is -2.34. The lowest BCUT2D eigenvalue weighted by Crippen LogP contribution is -2.36. The number of nitrogens with one attached hydrogen (secondary N) is 3. The van der Waals surface area contributed by atoms with Gasteiger partial charge in [-0.15, -0.1) is 0 Å². The first kappa shape index (κ1) is 37.5. The van der Waals surface area contributed by atoms with Gasteiger partial charge in [-0.2, -0.15) is 19.0 Å². The van der Waals surface area contributed by atoms with Gasteiger partial charge in [-0.25, -0.2) is 31.0 Å². The third kappa shape index (κ3) is 6.45. The molecule has 0 saturated heterocycles. The SMILES string of the molecule is Cn1nc(NS(C)(=O)=O)c2c(Cl)ccc(-c3cc4[nH]c(=O)ccc4nc3C(Cc3cc(F)cc(F)c3)NC(=O)Cn3nc(C(F)F)c4c3C(F)(F)[C@@H]3CC[C@H]43)c21. The first-order chi connectivity index (χ1) is 26.4. The second-order valence-corrected chi connectivity index (χ2v) is 16.1. The number of halogens is 7. The van der Waals surface area contributed by atoms with E-state index in [-0.39, 0.29) is 74.4 Å². The van der Waals surface area contributed by atoms with Crippen LogP contribution in [0.25, 0.3) is 33.1 Å². The Balaban J connectivity index is 1.29. The van der Waals surface area contributed by atoms with Crippen LogP contribution in [0.15, 0.2) is 53.3 Å². The van der Waals surface area contributed by atoms with Crippen LogP contribution in [0.1, 0.15) is 59.4 Å². The zero-order valence-corrected chi connectivity index (χ0v) is 30.8. The molecule has 1 unspecified atom stereocenters. The second kappa shape index (κ2) is 13.4. The highest BCUT2D eigenvalue weighted by Gasteiger charge is 2.62. The van der Waals surface area contributed by atoms with Crippen molar-refractivity contribution in [3.63, 3.8) is 0 Å². The third-order valence-corrected chi connectivity index (χ3v) is 11.1. The van der Waals surface area contributed by atoms with Crippen LogP contribution in [-0.4, -0.2) is 50.1 Å². The van der Waals surface area contributed by atoms with E-state index in [9.17, 15) is 35.6 Å². The molecule has 0 aliphatic heterocycles. The maximum Gasteiger partial charge on any atom is 0.293 e. The number of hydrogen-bond donors (Lipinski definition) is 3. The number of rotatable bonds is 10. The molecule has 12 nitrogen and oxygen atoms in total. The molecule has 1 saturated carbocycles. The first-order valence-electron chi connectivity index (χ1n) is 17.1. The number of sulfonamides is 1. The van der Waals surface area contributed by atoms with E-state index in [1.54, 1.807) is 6.07 Å². The first-order valence-corrected chi connectivity index (χ1v) is 19.3. The average molecular weight is 819 g/mol. The van der Waals surface area contributed by atoms with E-state index < -0.39 is 81.3 Å². The van der Waals surface area contributed by atoms with Gasteiger partial charge in [-0.1, -0.05) is 17.7 Å². The van der Waals surface area contributed by atoms with Crippen molar-refractivity contribution in [2.24, 2.45) is 13.0 Å². The van der Waals surface area contributed by atoms with Crippen molar-refractivity contribution in [2.45, 2.75) is 50.1 Å². The predicted molar refractivity (Wildman–Crippen MR) is 193 cm³/mol. The van der Waals surface area contributed by atoms with Gasteiger partial charge in [0.05, 0.1) is 45.0 Å². The summed E-state index contributed by atoms with van der Waals surface area (Å²) < 4.78 is 117. The fourth-order valence-electron chi connectivity index (χ4n) is 7.92. The Morgan fingerprint density at radius 3 is 2.43 bits per heavy atom. The van der Waals surface area contributed by atoms with Gasteiger partial charge in [0.25, 0.3) is 12.3 Å². The van der Waals surface area contributed by atoms with Gasteiger partial charge in [0, 0.05) is 41.8 Å². The van der Waals surface area contributed by atoms with Crippen LogP contribution >= 0.6 is 11.6 Å². The summed E-state index contributed by atoms with van der Waals surface area (Å²) in [6.07, 6.45) is -2.19. The van der Waals surface area contributed by atoms with Gasteiger partial charge in [-0.05, 0) is 61.1 Å². The van der Waals surface area contributed by atoms with Crippen LogP contribution in [-0.2, 0) is 40.8 Å². The molecule has 2 aliphatic rings. The Bertz CT molecular complexity index is 2770. The minimum absolute atomic E-state index is 0.0478. The van der Waals surface area contributed by atoms with Crippen LogP contribution < -0.4 is 15.6 Å².